The van der Waals surface area contributed by atoms with Crippen molar-refractivity contribution < 1.29 is 27.4 Å². The molecular weight excluding hydrogens is 679 g/mol. The predicted molar refractivity (Wildman–Crippen MR) is 179 cm³/mol. The molecule has 1 amide bonds. The largest absolute Gasteiger partial charge is 0.489 e. The predicted octanol–water partition coefficient (Wildman–Crippen LogP) is 5.81. The quantitative estimate of drug-likeness (QED) is 0.247. The lowest BCUT2D eigenvalue weighted by Crippen LogP contribution is -2.46. The number of fused-ring (bicyclic) bond motifs is 4. The number of amides is 1. The molecule has 0 spiro atoms. The maximum atomic E-state index is 17.3. The average molecular weight is 710 g/mol. The van der Waals surface area contributed by atoms with Crippen LogP contribution in [0.15, 0.2) is 12.1 Å². The van der Waals surface area contributed by atoms with Crippen LogP contribution in [-0.4, -0.2) is 88.9 Å². The van der Waals surface area contributed by atoms with Gasteiger partial charge < -0.3 is 25.0 Å². The molecule has 5 atom stereocenters. The van der Waals surface area contributed by atoms with Gasteiger partial charge >= 0.3 is 6.01 Å². The number of nitrogens with zero attached hydrogens (tertiary/aromatic N) is 6. The lowest BCUT2D eigenvalue weighted by molar-refractivity contribution is -0.119. The topological polar surface area (TPSA) is 121 Å². The minimum atomic E-state index is -0.959. The van der Waals surface area contributed by atoms with E-state index in [9.17, 15) is 14.4 Å². The molecule has 254 valence electrons. The Morgan fingerprint density at radius 3 is 2.88 bits per heavy atom. The smallest absolute Gasteiger partial charge is 0.319 e. The number of carbonyl (C=O) groups excluding carboxylic acids is 1. The number of alkyl halides is 1. The molecule has 7 heterocycles. The van der Waals surface area contributed by atoms with Crippen LogP contribution in [0.25, 0.3) is 32.1 Å². The van der Waals surface area contributed by atoms with Crippen LogP contribution in [0.2, 0.25) is 5.02 Å². The normalized spacial score (nSPS) is 27.5. The second-order valence-corrected chi connectivity index (χ2v) is 15.1. The van der Waals surface area contributed by atoms with Gasteiger partial charge in [0.25, 0.3) is 0 Å². The lowest BCUT2D eigenvalue weighted by Gasteiger charge is -2.34. The third-order valence-corrected chi connectivity index (χ3v) is 12.7. The second-order valence-electron chi connectivity index (χ2n) is 13.7. The highest BCUT2D eigenvalue weighted by Crippen LogP contribution is 2.52. The van der Waals surface area contributed by atoms with Crippen molar-refractivity contribution in [3.05, 3.63) is 34.4 Å². The summed E-state index contributed by atoms with van der Waals surface area (Å²) in [5.41, 5.74) is 5.57. The van der Waals surface area contributed by atoms with Crippen molar-refractivity contribution in [1.29, 1.82) is 5.26 Å². The van der Waals surface area contributed by atoms with E-state index < -0.39 is 23.3 Å². The molecule has 2 bridgehead atoms. The fraction of sp³-hybridized carbons (Fsp3) is 0.471. The van der Waals surface area contributed by atoms with Crippen LogP contribution in [0.1, 0.15) is 44.1 Å². The van der Waals surface area contributed by atoms with Crippen molar-refractivity contribution >= 4 is 61.2 Å². The number of nitrogen functional groups attached to an aromatic ring is 1. The van der Waals surface area contributed by atoms with Gasteiger partial charge in [0, 0.05) is 30.0 Å². The van der Waals surface area contributed by atoms with Crippen molar-refractivity contribution in [2.75, 3.05) is 43.5 Å². The molecule has 5 aliphatic rings. The van der Waals surface area contributed by atoms with Gasteiger partial charge in [0.1, 0.15) is 47.6 Å². The van der Waals surface area contributed by atoms with E-state index in [1.807, 2.05) is 11.0 Å². The number of thiophene rings is 1. The summed E-state index contributed by atoms with van der Waals surface area (Å²) in [5.74, 6) is -0.890. The maximum Gasteiger partial charge on any atom is 0.319 e. The van der Waals surface area contributed by atoms with Gasteiger partial charge in [-0.05, 0) is 50.3 Å². The first-order valence-electron chi connectivity index (χ1n) is 16.5. The standard InChI is InChI=1S/C34H31ClF3N7O3S/c35-26-24(18-3-4-20(37)30-23(18)19(12-39)31(40)49-30)27(38)28-25-29(26)47-9-8-44(22-10-17-2-5-21(22)45(17)15-46)32(25)42-33(41-28)48-14-34-6-1-7-43(34)13-16(36)11-34/h3-4,15-17,21-22H,1-2,5-11,13-14,40H2/t16-,17?,21?,22?,34+/m1/s1. The number of halogens is 4. The first kappa shape index (κ1) is 31.0. The summed E-state index contributed by atoms with van der Waals surface area (Å²) in [6, 6.07) is 4.46. The molecule has 2 aromatic heterocycles. The number of nitriles is 1. The first-order chi connectivity index (χ1) is 23.7. The Hall–Kier alpha value is -4.06. The SMILES string of the molecule is N#Cc1c(N)sc2c(F)ccc(-c3c(Cl)c4c5c(nc(OC[C@@]67CCCN6C[C@H](F)C7)nc5c3F)N(C3CC5CCC3N5C=O)CCO4)c12. The van der Waals surface area contributed by atoms with Gasteiger partial charge in [-0.2, -0.15) is 15.2 Å². The molecule has 2 N–H and O–H groups in total. The Morgan fingerprint density at radius 2 is 2.08 bits per heavy atom. The third-order valence-electron chi connectivity index (χ3n) is 11.3. The summed E-state index contributed by atoms with van der Waals surface area (Å²) in [4.78, 5) is 27.6. The molecule has 9 rings (SSSR count). The fourth-order valence-electron chi connectivity index (χ4n) is 9.21. The molecule has 2 aromatic carbocycles. The molecule has 49 heavy (non-hydrogen) atoms. The van der Waals surface area contributed by atoms with E-state index in [1.54, 1.807) is 0 Å². The second kappa shape index (κ2) is 11.2. The number of aromatic nitrogens is 2. The number of hydrogen-bond acceptors (Lipinski definition) is 10. The van der Waals surface area contributed by atoms with Gasteiger partial charge in [0.05, 0.1) is 44.8 Å². The highest BCUT2D eigenvalue weighted by atomic mass is 35.5. The van der Waals surface area contributed by atoms with Crippen molar-refractivity contribution in [3.63, 3.8) is 0 Å². The number of rotatable bonds is 6. The summed E-state index contributed by atoms with van der Waals surface area (Å²) in [5, 5.41) is 10.4. The zero-order valence-corrected chi connectivity index (χ0v) is 27.8. The van der Waals surface area contributed by atoms with Gasteiger partial charge in [0.15, 0.2) is 11.6 Å². The summed E-state index contributed by atoms with van der Waals surface area (Å²) in [6.45, 7) is 1.80. The van der Waals surface area contributed by atoms with Crippen LogP contribution in [-0.2, 0) is 4.79 Å². The molecule has 0 saturated carbocycles. The summed E-state index contributed by atoms with van der Waals surface area (Å²) in [7, 11) is 0. The van der Waals surface area contributed by atoms with Crippen molar-refractivity contribution in [2.45, 2.75) is 68.4 Å². The third kappa shape index (κ3) is 4.44. The van der Waals surface area contributed by atoms with E-state index >= 15 is 8.78 Å². The van der Waals surface area contributed by atoms with Crippen LogP contribution >= 0.6 is 22.9 Å². The molecular formula is C34H31ClF3N7O3S. The van der Waals surface area contributed by atoms with Gasteiger partial charge in [-0.25, -0.2) is 13.2 Å². The van der Waals surface area contributed by atoms with E-state index in [2.05, 4.69) is 14.8 Å². The van der Waals surface area contributed by atoms with E-state index in [0.29, 0.717) is 25.3 Å². The molecule has 0 radical (unpaired) electrons. The van der Waals surface area contributed by atoms with Crippen LogP contribution < -0.4 is 20.1 Å². The van der Waals surface area contributed by atoms with E-state index in [4.69, 9.17) is 31.8 Å². The Bertz CT molecular complexity index is 2110. The Balaban J connectivity index is 1.25. The van der Waals surface area contributed by atoms with E-state index in [-0.39, 0.29) is 90.8 Å². The van der Waals surface area contributed by atoms with Crippen LogP contribution in [0.3, 0.4) is 0 Å². The number of nitrogens with two attached hydrogens (primary N) is 1. The van der Waals surface area contributed by atoms with E-state index in [1.165, 1.54) is 12.1 Å². The zero-order valence-electron chi connectivity index (χ0n) is 26.2. The summed E-state index contributed by atoms with van der Waals surface area (Å²) in [6.07, 6.45) is 4.43. The average Bonchev–Trinajstić information content (AvgIpc) is 3.87. The molecule has 4 aromatic rings. The molecule has 10 nitrogen and oxygen atoms in total. The minimum Gasteiger partial charge on any atom is -0.489 e. The molecule has 4 fully saturated rings. The number of anilines is 2. The van der Waals surface area contributed by atoms with Crippen molar-refractivity contribution in [2.24, 2.45) is 0 Å². The van der Waals surface area contributed by atoms with Crippen molar-refractivity contribution in [1.82, 2.24) is 19.8 Å². The van der Waals surface area contributed by atoms with E-state index in [0.717, 1.165) is 56.4 Å². The first-order valence-corrected chi connectivity index (χ1v) is 17.7. The lowest BCUT2D eigenvalue weighted by atomic mass is 9.93. The number of ether oxygens (including phenoxy) is 2. The Morgan fingerprint density at radius 1 is 1.22 bits per heavy atom. The van der Waals surface area contributed by atoms with Gasteiger partial charge in [-0.15, -0.1) is 11.3 Å². The molecule has 0 aliphatic carbocycles. The van der Waals surface area contributed by atoms with Gasteiger partial charge in [-0.3, -0.25) is 9.69 Å². The molecule has 3 unspecified atom stereocenters. The minimum absolute atomic E-state index is 0.0227. The number of hydrogen-bond donors (Lipinski definition) is 1. The van der Waals surface area contributed by atoms with Crippen LogP contribution in [0.5, 0.6) is 11.8 Å². The van der Waals surface area contributed by atoms with Gasteiger partial charge in [0.2, 0.25) is 6.41 Å². The monoisotopic (exact) mass is 709 g/mol. The van der Waals surface area contributed by atoms with Crippen molar-refractivity contribution in [3.8, 4) is 29.0 Å². The van der Waals surface area contributed by atoms with Crippen LogP contribution in [0.4, 0.5) is 24.0 Å². The highest BCUT2D eigenvalue weighted by molar-refractivity contribution is 7.23. The summed E-state index contributed by atoms with van der Waals surface area (Å²) < 4.78 is 59.6. The number of carbonyl (C=O) groups is 1. The van der Waals surface area contributed by atoms with Gasteiger partial charge in [-0.1, -0.05) is 17.7 Å². The highest BCUT2D eigenvalue weighted by Gasteiger charge is 2.51. The fourth-order valence-corrected chi connectivity index (χ4v) is 10.5. The maximum absolute atomic E-state index is 17.3. The molecule has 4 saturated heterocycles. The number of benzene rings is 2. The summed E-state index contributed by atoms with van der Waals surface area (Å²) >= 11 is 7.96. The Kier molecular flexibility index (Phi) is 7.09. The van der Waals surface area contributed by atoms with Crippen LogP contribution in [0, 0.1) is 23.0 Å². The molecule has 15 heteroatoms. The molecule has 5 aliphatic heterocycles. The zero-order chi connectivity index (χ0) is 33.8. The Labute approximate surface area is 288 Å².